The Morgan fingerprint density at radius 3 is 2.61 bits per heavy atom. The lowest BCUT2D eigenvalue weighted by Crippen LogP contribution is -2.38. The van der Waals surface area contributed by atoms with Crippen LogP contribution in [-0.4, -0.2) is 45.0 Å². The molecule has 160 valence electrons. The molecule has 3 aromatic rings. The van der Waals surface area contributed by atoms with Gasteiger partial charge in [-0.25, -0.2) is 9.97 Å². The normalized spacial score (nSPS) is 16.3. The zero-order valence-corrected chi connectivity index (χ0v) is 17.9. The number of carbonyl (C=O) groups excluding carboxylic acids is 1. The van der Waals surface area contributed by atoms with Crippen LogP contribution in [0.2, 0.25) is 0 Å². The van der Waals surface area contributed by atoms with Crippen molar-refractivity contribution in [3.8, 4) is 0 Å². The third-order valence-corrected chi connectivity index (χ3v) is 6.44. The minimum absolute atomic E-state index is 0.113. The minimum atomic E-state index is 0.113. The number of amides is 1. The molecule has 1 fully saturated rings. The van der Waals surface area contributed by atoms with Crippen LogP contribution >= 0.6 is 0 Å². The number of carbonyl (C=O) groups is 1. The minimum Gasteiger partial charge on any atom is -0.350 e. The van der Waals surface area contributed by atoms with Gasteiger partial charge in [0.2, 0.25) is 0 Å². The standard InChI is InChI=1S/C25H29N5O/c31-25(28-14-5-2-6-15-28)21-10-7-13-26-24(21)29-17-12-23-22(18-29)27-19-30(23)16-11-20-8-3-1-4-9-20/h1,3-4,7-10,13,19H,2,5-6,11-12,14-18H2. The highest BCUT2D eigenvalue weighted by Crippen LogP contribution is 2.27. The SMILES string of the molecule is O=C(c1cccnc1N1CCc2c(ncn2CCc2ccccc2)C1)N1CCCCC1. The average Bonchev–Trinajstić information content (AvgIpc) is 3.26. The van der Waals surface area contributed by atoms with Crippen molar-refractivity contribution in [1.82, 2.24) is 19.4 Å². The number of benzene rings is 1. The van der Waals surface area contributed by atoms with E-state index in [0.717, 1.165) is 68.9 Å². The summed E-state index contributed by atoms with van der Waals surface area (Å²) in [5, 5.41) is 0. The number of hydrogen-bond donors (Lipinski definition) is 0. The summed E-state index contributed by atoms with van der Waals surface area (Å²) in [5.41, 5.74) is 4.47. The lowest BCUT2D eigenvalue weighted by atomic mass is 10.1. The molecular weight excluding hydrogens is 386 g/mol. The first-order valence-electron chi connectivity index (χ1n) is 11.4. The van der Waals surface area contributed by atoms with Crippen molar-refractivity contribution in [2.24, 2.45) is 0 Å². The van der Waals surface area contributed by atoms with Gasteiger partial charge in [0.15, 0.2) is 0 Å². The molecule has 2 aromatic heterocycles. The van der Waals surface area contributed by atoms with E-state index in [1.165, 1.54) is 17.7 Å². The second kappa shape index (κ2) is 8.92. The van der Waals surface area contributed by atoms with Gasteiger partial charge in [-0.3, -0.25) is 4.79 Å². The quantitative estimate of drug-likeness (QED) is 0.638. The molecule has 2 aliphatic rings. The van der Waals surface area contributed by atoms with Crippen molar-refractivity contribution in [2.75, 3.05) is 24.5 Å². The predicted molar refractivity (Wildman–Crippen MR) is 121 cm³/mol. The number of aryl methyl sites for hydroxylation is 2. The van der Waals surface area contributed by atoms with E-state index in [1.54, 1.807) is 6.20 Å². The third kappa shape index (κ3) is 4.20. The maximum atomic E-state index is 13.2. The summed E-state index contributed by atoms with van der Waals surface area (Å²) in [6, 6.07) is 14.4. The van der Waals surface area contributed by atoms with Crippen LogP contribution < -0.4 is 4.90 Å². The molecule has 5 rings (SSSR count). The molecule has 1 saturated heterocycles. The second-order valence-corrected chi connectivity index (χ2v) is 8.47. The van der Waals surface area contributed by atoms with Crippen LogP contribution in [0.5, 0.6) is 0 Å². The molecule has 1 amide bonds. The van der Waals surface area contributed by atoms with Crippen LogP contribution in [0.3, 0.4) is 0 Å². The van der Waals surface area contributed by atoms with E-state index in [-0.39, 0.29) is 5.91 Å². The molecule has 0 unspecified atom stereocenters. The molecule has 31 heavy (non-hydrogen) atoms. The van der Waals surface area contributed by atoms with E-state index < -0.39 is 0 Å². The van der Waals surface area contributed by atoms with Crippen LogP contribution in [0.25, 0.3) is 0 Å². The van der Waals surface area contributed by atoms with Gasteiger partial charge in [-0.05, 0) is 43.4 Å². The Bertz CT molecular complexity index is 1040. The maximum Gasteiger partial charge on any atom is 0.257 e. The van der Waals surface area contributed by atoms with Gasteiger partial charge < -0.3 is 14.4 Å². The predicted octanol–water partition coefficient (Wildman–Crippen LogP) is 3.71. The Morgan fingerprint density at radius 2 is 1.77 bits per heavy atom. The zero-order chi connectivity index (χ0) is 21.0. The molecule has 0 aliphatic carbocycles. The molecule has 0 atom stereocenters. The van der Waals surface area contributed by atoms with Gasteiger partial charge in [-0.2, -0.15) is 0 Å². The number of piperidine rings is 1. The van der Waals surface area contributed by atoms with Crippen LogP contribution in [-0.2, 0) is 25.9 Å². The lowest BCUT2D eigenvalue weighted by molar-refractivity contribution is 0.0724. The number of imidazole rings is 1. The molecular formula is C25H29N5O. The fourth-order valence-electron chi connectivity index (χ4n) is 4.72. The van der Waals surface area contributed by atoms with Crippen molar-refractivity contribution in [2.45, 2.75) is 45.2 Å². The van der Waals surface area contributed by atoms with Crippen molar-refractivity contribution in [3.05, 3.63) is 77.5 Å². The van der Waals surface area contributed by atoms with Crippen LogP contribution in [0, 0.1) is 0 Å². The first kappa shape index (κ1) is 19.8. The van der Waals surface area contributed by atoms with Gasteiger partial charge in [-0.1, -0.05) is 30.3 Å². The molecule has 4 heterocycles. The first-order chi connectivity index (χ1) is 15.3. The van der Waals surface area contributed by atoms with E-state index in [4.69, 9.17) is 4.98 Å². The fourth-order valence-corrected chi connectivity index (χ4v) is 4.72. The molecule has 0 radical (unpaired) electrons. The molecule has 6 nitrogen and oxygen atoms in total. The second-order valence-electron chi connectivity index (χ2n) is 8.47. The van der Waals surface area contributed by atoms with Crippen LogP contribution in [0.1, 0.15) is 46.6 Å². The number of fused-ring (bicyclic) bond motifs is 1. The fraction of sp³-hybridized carbons (Fsp3) is 0.400. The topological polar surface area (TPSA) is 54.3 Å². The number of nitrogens with zero attached hydrogens (tertiary/aromatic N) is 5. The number of likely N-dealkylation sites (tertiary alicyclic amines) is 1. The molecule has 0 saturated carbocycles. The smallest absolute Gasteiger partial charge is 0.257 e. The Morgan fingerprint density at radius 1 is 0.935 bits per heavy atom. The van der Waals surface area contributed by atoms with Crippen molar-refractivity contribution >= 4 is 11.7 Å². The maximum absolute atomic E-state index is 13.2. The van der Waals surface area contributed by atoms with Crippen molar-refractivity contribution in [1.29, 1.82) is 0 Å². The number of aromatic nitrogens is 3. The van der Waals surface area contributed by atoms with E-state index in [2.05, 4.69) is 44.8 Å². The van der Waals surface area contributed by atoms with Gasteiger partial charge >= 0.3 is 0 Å². The first-order valence-corrected chi connectivity index (χ1v) is 11.4. The van der Waals surface area contributed by atoms with Gasteiger partial charge in [-0.15, -0.1) is 0 Å². The van der Waals surface area contributed by atoms with Crippen molar-refractivity contribution < 1.29 is 4.79 Å². The summed E-state index contributed by atoms with van der Waals surface area (Å²) in [5.74, 6) is 0.907. The third-order valence-electron chi connectivity index (χ3n) is 6.44. The highest BCUT2D eigenvalue weighted by Gasteiger charge is 2.27. The lowest BCUT2D eigenvalue weighted by Gasteiger charge is -2.31. The molecule has 2 aliphatic heterocycles. The monoisotopic (exact) mass is 415 g/mol. The average molecular weight is 416 g/mol. The van der Waals surface area contributed by atoms with E-state index in [0.29, 0.717) is 6.54 Å². The number of pyridine rings is 1. The van der Waals surface area contributed by atoms with Gasteiger partial charge in [0, 0.05) is 44.5 Å². The highest BCUT2D eigenvalue weighted by molar-refractivity contribution is 5.99. The Hall–Kier alpha value is -3.15. The zero-order valence-electron chi connectivity index (χ0n) is 17.9. The number of anilines is 1. The number of rotatable bonds is 5. The summed E-state index contributed by atoms with van der Waals surface area (Å²) in [7, 11) is 0. The Labute approximate surface area is 183 Å². The van der Waals surface area contributed by atoms with Gasteiger partial charge in [0.25, 0.3) is 5.91 Å². The van der Waals surface area contributed by atoms with E-state index >= 15 is 0 Å². The molecule has 1 aromatic carbocycles. The van der Waals surface area contributed by atoms with Gasteiger partial charge in [0.05, 0.1) is 24.1 Å². The van der Waals surface area contributed by atoms with Crippen LogP contribution in [0.15, 0.2) is 55.0 Å². The molecule has 0 spiro atoms. The summed E-state index contributed by atoms with van der Waals surface area (Å²) in [4.78, 5) is 26.7. The molecule has 6 heteroatoms. The van der Waals surface area contributed by atoms with E-state index in [1.807, 2.05) is 23.4 Å². The summed E-state index contributed by atoms with van der Waals surface area (Å²) in [6.07, 6.45) is 9.07. The largest absolute Gasteiger partial charge is 0.350 e. The summed E-state index contributed by atoms with van der Waals surface area (Å²) < 4.78 is 2.29. The Kier molecular flexibility index (Phi) is 5.69. The molecule has 0 bridgehead atoms. The van der Waals surface area contributed by atoms with E-state index in [9.17, 15) is 4.79 Å². The van der Waals surface area contributed by atoms with Crippen LogP contribution in [0.4, 0.5) is 5.82 Å². The van der Waals surface area contributed by atoms with Gasteiger partial charge in [0.1, 0.15) is 5.82 Å². The summed E-state index contributed by atoms with van der Waals surface area (Å²) in [6.45, 7) is 4.19. The Balaban J connectivity index is 1.31. The van der Waals surface area contributed by atoms with Crippen molar-refractivity contribution in [3.63, 3.8) is 0 Å². The molecule has 0 N–H and O–H groups in total. The number of hydrogen-bond acceptors (Lipinski definition) is 4. The highest BCUT2D eigenvalue weighted by atomic mass is 16.2. The summed E-state index contributed by atoms with van der Waals surface area (Å²) >= 11 is 0.